The number of carbonyl (C=O) groups is 2. The van der Waals surface area contributed by atoms with E-state index in [1.807, 2.05) is 0 Å². The molecule has 2 amide bonds. The molecule has 6 nitrogen and oxygen atoms in total. The van der Waals surface area contributed by atoms with E-state index in [0.29, 0.717) is 12.1 Å². The molecule has 220 valence electrons. The van der Waals surface area contributed by atoms with E-state index in [4.69, 9.17) is 4.74 Å². The minimum Gasteiger partial charge on any atom is -0.453 e. The van der Waals surface area contributed by atoms with Crippen molar-refractivity contribution in [2.45, 2.75) is 50.9 Å². The van der Waals surface area contributed by atoms with Gasteiger partial charge in [0.1, 0.15) is 0 Å². The van der Waals surface area contributed by atoms with Crippen LogP contribution in [0.3, 0.4) is 0 Å². The molecule has 3 rings (SSSR count). The van der Waals surface area contributed by atoms with Crippen molar-refractivity contribution in [3.05, 3.63) is 64.2 Å². The van der Waals surface area contributed by atoms with E-state index in [1.165, 1.54) is 13.8 Å². The molecule has 15 heteroatoms. The van der Waals surface area contributed by atoms with E-state index < -0.39 is 78.0 Å². The van der Waals surface area contributed by atoms with Crippen molar-refractivity contribution in [2.75, 3.05) is 25.2 Å². The molecule has 1 heterocycles. The standard InChI is InChI=1S/C25H23F9N2O4/c1-4-40-22(38)36-13(2)19(18-10-15(23(26,27)28)5-6-20(18)36)12-35(21(37)39-3)11-14-7-16(24(29,30)31)9-17(8-14)25(32,33)34/h5-10,13,19H,4,11-12H2,1-3H3. The van der Waals surface area contributed by atoms with Crippen LogP contribution in [0.25, 0.3) is 0 Å². The first-order valence-electron chi connectivity index (χ1n) is 11.7. The summed E-state index contributed by atoms with van der Waals surface area (Å²) in [4.78, 5) is 27.1. The predicted molar refractivity (Wildman–Crippen MR) is 122 cm³/mol. The number of benzene rings is 2. The summed E-state index contributed by atoms with van der Waals surface area (Å²) >= 11 is 0. The van der Waals surface area contributed by atoms with E-state index in [9.17, 15) is 49.1 Å². The van der Waals surface area contributed by atoms with Gasteiger partial charge in [-0.1, -0.05) is 0 Å². The van der Waals surface area contributed by atoms with Crippen LogP contribution >= 0.6 is 0 Å². The summed E-state index contributed by atoms with van der Waals surface area (Å²) in [6.45, 7) is 1.57. The molecule has 1 aliphatic rings. The number of fused-ring (bicyclic) bond motifs is 1. The molecule has 1 aliphatic heterocycles. The second-order valence-corrected chi connectivity index (χ2v) is 8.95. The number of amides is 2. The third-order valence-electron chi connectivity index (χ3n) is 6.34. The third-order valence-corrected chi connectivity index (χ3v) is 6.34. The fourth-order valence-corrected chi connectivity index (χ4v) is 4.52. The van der Waals surface area contributed by atoms with E-state index >= 15 is 0 Å². The number of hydrogen-bond donors (Lipinski definition) is 0. The lowest BCUT2D eigenvalue weighted by Gasteiger charge is -2.29. The quantitative estimate of drug-likeness (QED) is 0.342. The molecule has 0 saturated carbocycles. The van der Waals surface area contributed by atoms with E-state index in [0.717, 1.165) is 35.1 Å². The lowest BCUT2D eigenvalue weighted by Crippen LogP contribution is -2.42. The molecule has 40 heavy (non-hydrogen) atoms. The summed E-state index contributed by atoms with van der Waals surface area (Å²) in [5.74, 6) is -1.05. The normalized spacial score (nSPS) is 17.4. The molecule has 2 unspecified atom stereocenters. The Balaban J connectivity index is 2.07. The zero-order valence-corrected chi connectivity index (χ0v) is 21.2. The molecule has 0 spiro atoms. The summed E-state index contributed by atoms with van der Waals surface area (Å²) in [7, 11) is 0.918. The van der Waals surface area contributed by atoms with Crippen molar-refractivity contribution >= 4 is 17.9 Å². The molecule has 2 aromatic rings. The highest BCUT2D eigenvalue weighted by atomic mass is 19.4. The van der Waals surface area contributed by atoms with Gasteiger partial charge in [0.25, 0.3) is 0 Å². The summed E-state index contributed by atoms with van der Waals surface area (Å²) in [5.41, 5.74) is -4.80. The van der Waals surface area contributed by atoms with Crippen molar-refractivity contribution in [1.82, 2.24) is 4.90 Å². The van der Waals surface area contributed by atoms with Gasteiger partial charge in [-0.15, -0.1) is 0 Å². The number of alkyl halides is 9. The van der Waals surface area contributed by atoms with Gasteiger partial charge in [-0.2, -0.15) is 39.5 Å². The van der Waals surface area contributed by atoms with E-state index in [1.54, 1.807) is 0 Å². The number of anilines is 1. The van der Waals surface area contributed by atoms with Gasteiger partial charge in [-0.3, -0.25) is 4.90 Å². The molecule has 2 atom stereocenters. The highest BCUT2D eigenvalue weighted by Gasteiger charge is 2.44. The highest BCUT2D eigenvalue weighted by molar-refractivity contribution is 5.92. The maximum Gasteiger partial charge on any atom is 0.416 e. The van der Waals surface area contributed by atoms with Gasteiger partial charge in [-0.05, 0) is 61.4 Å². The summed E-state index contributed by atoms with van der Waals surface area (Å²) < 4.78 is 130. The zero-order chi connectivity index (χ0) is 30.2. The Labute approximate surface area is 222 Å². The topological polar surface area (TPSA) is 59.1 Å². The summed E-state index contributed by atoms with van der Waals surface area (Å²) in [5, 5.41) is 0. The SMILES string of the molecule is CCOC(=O)N1c2ccc(C(F)(F)F)cc2C(CN(Cc2cc(C(F)(F)F)cc(C(F)(F)F)c2)C(=O)OC)C1C. The van der Waals surface area contributed by atoms with Gasteiger partial charge in [0, 0.05) is 25.0 Å². The van der Waals surface area contributed by atoms with E-state index in [-0.39, 0.29) is 23.9 Å². The van der Waals surface area contributed by atoms with Crippen molar-refractivity contribution < 1.29 is 58.6 Å². The second-order valence-electron chi connectivity index (χ2n) is 8.95. The van der Waals surface area contributed by atoms with Crippen LogP contribution in [0.4, 0.5) is 54.8 Å². The first-order valence-corrected chi connectivity index (χ1v) is 11.7. The Kier molecular flexibility index (Phi) is 8.56. The zero-order valence-electron chi connectivity index (χ0n) is 21.2. The number of hydrogen-bond acceptors (Lipinski definition) is 4. The number of halogens is 9. The van der Waals surface area contributed by atoms with Gasteiger partial charge in [0.2, 0.25) is 0 Å². The first kappa shape index (κ1) is 30.9. The highest BCUT2D eigenvalue weighted by Crippen LogP contribution is 2.45. The minimum absolute atomic E-state index is 0.0238. The Hall–Kier alpha value is -3.65. The number of rotatable bonds is 5. The summed E-state index contributed by atoms with van der Waals surface area (Å²) in [6.07, 6.45) is -17.1. The van der Waals surface area contributed by atoms with Crippen LogP contribution in [0.5, 0.6) is 0 Å². The van der Waals surface area contributed by atoms with Crippen molar-refractivity contribution in [3.63, 3.8) is 0 Å². The smallest absolute Gasteiger partial charge is 0.416 e. The van der Waals surface area contributed by atoms with Crippen LogP contribution < -0.4 is 4.90 Å². The molecule has 0 radical (unpaired) electrons. The largest absolute Gasteiger partial charge is 0.453 e. The molecule has 0 aliphatic carbocycles. The Morgan fingerprint density at radius 2 is 1.43 bits per heavy atom. The molecule has 0 aromatic heterocycles. The molecular weight excluding hydrogens is 563 g/mol. The van der Waals surface area contributed by atoms with Gasteiger partial charge >= 0.3 is 30.7 Å². The maximum atomic E-state index is 13.5. The van der Waals surface area contributed by atoms with Gasteiger partial charge in [0.05, 0.1) is 36.1 Å². The van der Waals surface area contributed by atoms with Gasteiger partial charge in [0.15, 0.2) is 0 Å². The first-order chi connectivity index (χ1) is 18.4. The fraction of sp³-hybridized carbons (Fsp3) is 0.440. The Morgan fingerprint density at radius 1 is 0.875 bits per heavy atom. The third kappa shape index (κ3) is 6.55. The fourth-order valence-electron chi connectivity index (χ4n) is 4.52. The number of nitrogens with zero attached hydrogens (tertiary/aromatic N) is 2. The number of ether oxygens (including phenoxy) is 2. The second kappa shape index (κ2) is 11.1. The van der Waals surface area contributed by atoms with Crippen molar-refractivity contribution in [1.29, 1.82) is 0 Å². The molecule has 0 fully saturated rings. The van der Waals surface area contributed by atoms with Crippen LogP contribution in [0.15, 0.2) is 36.4 Å². The monoisotopic (exact) mass is 586 g/mol. The molecule has 0 bridgehead atoms. The van der Waals surface area contributed by atoms with Crippen LogP contribution in [0.2, 0.25) is 0 Å². The van der Waals surface area contributed by atoms with Gasteiger partial charge < -0.3 is 14.4 Å². The molecule has 2 aromatic carbocycles. The number of methoxy groups -OCH3 is 1. The Bertz CT molecular complexity index is 1230. The Morgan fingerprint density at radius 3 is 1.90 bits per heavy atom. The average Bonchev–Trinajstić information content (AvgIpc) is 3.12. The lowest BCUT2D eigenvalue weighted by molar-refractivity contribution is -0.143. The summed E-state index contributed by atoms with van der Waals surface area (Å²) in [6, 6.07) is 2.45. The predicted octanol–water partition coefficient (Wildman–Crippen LogP) is 7.46. The minimum atomic E-state index is -5.14. The van der Waals surface area contributed by atoms with Crippen LogP contribution in [0.1, 0.15) is 47.6 Å². The van der Waals surface area contributed by atoms with Gasteiger partial charge in [-0.25, -0.2) is 9.59 Å². The molecular formula is C25H23F9N2O4. The van der Waals surface area contributed by atoms with Crippen molar-refractivity contribution in [3.8, 4) is 0 Å². The van der Waals surface area contributed by atoms with Crippen LogP contribution in [0, 0.1) is 0 Å². The average molecular weight is 586 g/mol. The number of carbonyl (C=O) groups excluding carboxylic acids is 2. The van der Waals surface area contributed by atoms with E-state index in [2.05, 4.69) is 4.74 Å². The van der Waals surface area contributed by atoms with Crippen molar-refractivity contribution in [2.24, 2.45) is 0 Å². The van der Waals surface area contributed by atoms with Crippen LogP contribution in [-0.4, -0.2) is 43.4 Å². The maximum absolute atomic E-state index is 13.5. The molecule has 0 N–H and O–H groups in total. The lowest BCUT2D eigenvalue weighted by atomic mass is 9.93. The van der Waals surface area contributed by atoms with Crippen LogP contribution in [-0.2, 0) is 34.5 Å². The molecule has 0 saturated heterocycles.